The Morgan fingerprint density at radius 3 is 2.35 bits per heavy atom. The number of nitrogens with one attached hydrogen (secondary N) is 2. The SMILES string of the molecule is C=Cc1ccc(-c2ccc(C(=O)NCC(C)C)cc2C(=O)OC)c(CNc2ccc(C(N)=NO)cc2)c1. The number of rotatable bonds is 10. The third kappa shape index (κ3) is 6.76. The number of hydrogen-bond acceptors (Lipinski definition) is 6. The van der Waals surface area contributed by atoms with Crippen molar-refractivity contribution in [3.05, 3.63) is 95.1 Å². The maximum absolute atomic E-state index is 12.8. The summed E-state index contributed by atoms with van der Waals surface area (Å²) in [5, 5.41) is 18.1. The second-order valence-corrected chi connectivity index (χ2v) is 8.89. The molecule has 3 aromatic rings. The number of esters is 1. The van der Waals surface area contributed by atoms with Crippen LogP contribution in [-0.4, -0.2) is 36.6 Å². The largest absolute Gasteiger partial charge is 0.465 e. The van der Waals surface area contributed by atoms with Crippen LogP contribution in [0.5, 0.6) is 0 Å². The lowest BCUT2D eigenvalue weighted by Crippen LogP contribution is -2.27. The van der Waals surface area contributed by atoms with Gasteiger partial charge in [0.2, 0.25) is 0 Å². The van der Waals surface area contributed by atoms with E-state index >= 15 is 0 Å². The van der Waals surface area contributed by atoms with Gasteiger partial charge in [0.1, 0.15) is 0 Å². The molecule has 8 heteroatoms. The number of methoxy groups -OCH3 is 1. The van der Waals surface area contributed by atoms with E-state index in [4.69, 9.17) is 15.7 Å². The first kappa shape index (κ1) is 27.0. The monoisotopic (exact) mass is 500 g/mol. The zero-order valence-corrected chi connectivity index (χ0v) is 21.2. The highest BCUT2D eigenvalue weighted by atomic mass is 16.5. The fourth-order valence-electron chi connectivity index (χ4n) is 3.76. The molecule has 8 nitrogen and oxygen atoms in total. The number of benzene rings is 3. The quantitative estimate of drug-likeness (QED) is 0.103. The molecule has 0 saturated carbocycles. The molecule has 0 aliphatic heterocycles. The average Bonchev–Trinajstić information content (AvgIpc) is 2.93. The molecule has 0 aliphatic rings. The number of nitrogens with zero attached hydrogens (tertiary/aromatic N) is 1. The van der Waals surface area contributed by atoms with E-state index in [1.807, 2.05) is 44.2 Å². The van der Waals surface area contributed by atoms with Gasteiger partial charge in [0, 0.05) is 29.9 Å². The van der Waals surface area contributed by atoms with Gasteiger partial charge in [-0.25, -0.2) is 4.79 Å². The first-order valence-corrected chi connectivity index (χ1v) is 11.9. The van der Waals surface area contributed by atoms with E-state index in [1.54, 1.807) is 36.4 Å². The van der Waals surface area contributed by atoms with Gasteiger partial charge in [0.25, 0.3) is 5.91 Å². The number of carbonyl (C=O) groups is 2. The summed E-state index contributed by atoms with van der Waals surface area (Å²) in [6.45, 7) is 8.87. The fraction of sp³-hybridized carbons (Fsp3) is 0.207. The Balaban J connectivity index is 1.97. The maximum atomic E-state index is 12.8. The van der Waals surface area contributed by atoms with E-state index in [0.29, 0.717) is 41.3 Å². The number of amides is 1. The Bertz CT molecular complexity index is 1310. The lowest BCUT2D eigenvalue weighted by atomic mass is 9.92. The molecule has 0 radical (unpaired) electrons. The number of amidine groups is 1. The van der Waals surface area contributed by atoms with Crippen LogP contribution in [0, 0.1) is 5.92 Å². The number of hydrogen-bond donors (Lipinski definition) is 4. The minimum Gasteiger partial charge on any atom is -0.465 e. The molecule has 0 atom stereocenters. The molecule has 3 aromatic carbocycles. The van der Waals surface area contributed by atoms with Crippen LogP contribution in [0.1, 0.15) is 51.3 Å². The van der Waals surface area contributed by atoms with E-state index in [-0.39, 0.29) is 11.7 Å². The molecule has 5 N–H and O–H groups in total. The number of oxime groups is 1. The molecular formula is C29H32N4O4. The predicted molar refractivity (Wildman–Crippen MR) is 147 cm³/mol. The summed E-state index contributed by atoms with van der Waals surface area (Å²) in [6, 6.07) is 18.0. The Labute approximate surface area is 216 Å². The van der Waals surface area contributed by atoms with Crippen molar-refractivity contribution >= 4 is 29.5 Å². The molecule has 0 unspecified atom stereocenters. The summed E-state index contributed by atoms with van der Waals surface area (Å²) >= 11 is 0. The number of nitrogens with two attached hydrogens (primary N) is 1. The minimum atomic E-state index is -0.529. The van der Waals surface area contributed by atoms with Crippen LogP contribution in [0.2, 0.25) is 0 Å². The fourth-order valence-corrected chi connectivity index (χ4v) is 3.76. The third-order valence-electron chi connectivity index (χ3n) is 5.78. The van der Waals surface area contributed by atoms with Crippen molar-refractivity contribution in [1.29, 1.82) is 0 Å². The Morgan fingerprint density at radius 1 is 1.05 bits per heavy atom. The van der Waals surface area contributed by atoms with Gasteiger partial charge in [0.15, 0.2) is 5.84 Å². The minimum absolute atomic E-state index is 0.0317. The standard InChI is InChI=1S/C29H32N4O4/c1-5-19-6-12-24(22(14-19)17-31-23-10-7-20(8-11-23)27(30)33-36)25-13-9-21(15-26(25)29(35)37-4)28(34)32-16-18(2)3/h5-15,18,31,36H,1,16-17H2,2-4H3,(H2,30,33)(H,32,34). The molecule has 192 valence electrons. The second kappa shape index (κ2) is 12.4. The Morgan fingerprint density at radius 2 is 1.73 bits per heavy atom. The number of anilines is 1. The van der Waals surface area contributed by atoms with Gasteiger partial charge in [-0.05, 0) is 70.6 Å². The molecule has 0 aliphatic carbocycles. The van der Waals surface area contributed by atoms with E-state index in [2.05, 4.69) is 22.4 Å². The van der Waals surface area contributed by atoms with Gasteiger partial charge in [-0.1, -0.05) is 49.9 Å². The lowest BCUT2D eigenvalue weighted by Gasteiger charge is -2.16. The van der Waals surface area contributed by atoms with Crippen molar-refractivity contribution in [2.24, 2.45) is 16.8 Å². The van der Waals surface area contributed by atoms with Crippen LogP contribution in [0.3, 0.4) is 0 Å². The summed E-state index contributed by atoms with van der Waals surface area (Å²) in [6.07, 6.45) is 1.75. The van der Waals surface area contributed by atoms with Crippen LogP contribution in [0.15, 0.2) is 72.4 Å². The highest BCUT2D eigenvalue weighted by Gasteiger charge is 2.19. The summed E-state index contributed by atoms with van der Waals surface area (Å²) in [7, 11) is 1.32. The summed E-state index contributed by atoms with van der Waals surface area (Å²) in [5.74, 6) is -0.439. The van der Waals surface area contributed by atoms with E-state index < -0.39 is 5.97 Å². The summed E-state index contributed by atoms with van der Waals surface area (Å²) in [4.78, 5) is 25.4. The van der Waals surface area contributed by atoms with Crippen LogP contribution in [0.25, 0.3) is 17.2 Å². The Kier molecular flexibility index (Phi) is 9.05. The second-order valence-electron chi connectivity index (χ2n) is 8.89. The van der Waals surface area contributed by atoms with Crippen molar-refractivity contribution in [3.63, 3.8) is 0 Å². The zero-order chi connectivity index (χ0) is 26.9. The van der Waals surface area contributed by atoms with E-state index in [9.17, 15) is 9.59 Å². The van der Waals surface area contributed by atoms with Gasteiger partial charge in [-0.3, -0.25) is 4.79 Å². The van der Waals surface area contributed by atoms with E-state index in [1.165, 1.54) is 7.11 Å². The molecule has 0 bridgehead atoms. The van der Waals surface area contributed by atoms with Crippen molar-refractivity contribution < 1.29 is 19.5 Å². The number of ether oxygens (including phenoxy) is 1. The first-order chi connectivity index (χ1) is 17.8. The van der Waals surface area contributed by atoms with Crippen molar-refractivity contribution in [3.8, 4) is 11.1 Å². The Hall–Kier alpha value is -4.59. The van der Waals surface area contributed by atoms with Crippen LogP contribution in [-0.2, 0) is 11.3 Å². The molecule has 0 saturated heterocycles. The van der Waals surface area contributed by atoms with E-state index in [0.717, 1.165) is 22.4 Å². The molecular weight excluding hydrogens is 468 g/mol. The highest BCUT2D eigenvalue weighted by molar-refractivity contribution is 6.02. The molecule has 37 heavy (non-hydrogen) atoms. The van der Waals surface area contributed by atoms with Crippen molar-refractivity contribution in [2.75, 3.05) is 19.0 Å². The molecule has 0 aromatic heterocycles. The normalized spacial score (nSPS) is 11.2. The summed E-state index contributed by atoms with van der Waals surface area (Å²) < 4.78 is 5.05. The molecule has 0 spiro atoms. The predicted octanol–water partition coefficient (Wildman–Crippen LogP) is 4.88. The highest BCUT2D eigenvalue weighted by Crippen LogP contribution is 2.31. The van der Waals surface area contributed by atoms with Gasteiger partial charge in [0.05, 0.1) is 12.7 Å². The van der Waals surface area contributed by atoms with Crippen molar-refractivity contribution in [2.45, 2.75) is 20.4 Å². The number of carbonyl (C=O) groups excluding carboxylic acids is 2. The molecule has 0 heterocycles. The molecule has 1 amide bonds. The molecule has 3 rings (SSSR count). The van der Waals surface area contributed by atoms with Gasteiger partial charge in [-0.15, -0.1) is 0 Å². The topological polar surface area (TPSA) is 126 Å². The van der Waals surface area contributed by atoms with Gasteiger partial charge in [-0.2, -0.15) is 0 Å². The van der Waals surface area contributed by atoms with Crippen LogP contribution in [0.4, 0.5) is 5.69 Å². The summed E-state index contributed by atoms with van der Waals surface area (Å²) in [5.41, 5.74) is 11.1. The van der Waals surface area contributed by atoms with Gasteiger partial charge < -0.3 is 26.3 Å². The third-order valence-corrected chi connectivity index (χ3v) is 5.78. The molecule has 0 fully saturated rings. The smallest absolute Gasteiger partial charge is 0.338 e. The van der Waals surface area contributed by atoms with Crippen LogP contribution >= 0.6 is 0 Å². The van der Waals surface area contributed by atoms with Crippen molar-refractivity contribution in [1.82, 2.24) is 5.32 Å². The first-order valence-electron chi connectivity index (χ1n) is 11.9. The van der Waals surface area contributed by atoms with Crippen LogP contribution < -0.4 is 16.4 Å². The van der Waals surface area contributed by atoms with Gasteiger partial charge >= 0.3 is 5.97 Å². The average molecular weight is 501 g/mol. The maximum Gasteiger partial charge on any atom is 0.338 e. The zero-order valence-electron chi connectivity index (χ0n) is 21.2. The lowest BCUT2D eigenvalue weighted by molar-refractivity contribution is 0.0601.